The Balaban J connectivity index is 1.46. The van der Waals surface area contributed by atoms with Crippen LogP contribution >= 0.6 is 0 Å². The van der Waals surface area contributed by atoms with Crippen LogP contribution in [0.5, 0.6) is 23.0 Å². The molecule has 0 radical (unpaired) electrons. The van der Waals surface area contributed by atoms with Gasteiger partial charge < -0.3 is 18.9 Å². The number of fused-ring (bicyclic) bond motifs is 4. The van der Waals surface area contributed by atoms with Crippen molar-refractivity contribution in [3.05, 3.63) is 88.7 Å². The first kappa shape index (κ1) is 17.8. The van der Waals surface area contributed by atoms with E-state index in [4.69, 9.17) is 18.9 Å². The fraction of sp³-hybridized carbons (Fsp3) is 0.120. The Morgan fingerprint density at radius 2 is 1.65 bits per heavy atom. The van der Waals surface area contributed by atoms with Crippen molar-refractivity contribution < 1.29 is 28.5 Å². The van der Waals surface area contributed by atoms with Gasteiger partial charge in [-0.15, -0.1) is 0 Å². The average molecular weight is 412 g/mol. The second-order valence-electron chi connectivity index (χ2n) is 7.55. The van der Waals surface area contributed by atoms with Gasteiger partial charge in [-0.1, -0.05) is 36.4 Å². The summed E-state index contributed by atoms with van der Waals surface area (Å²) in [5.74, 6) is 1.54. The quantitative estimate of drug-likeness (QED) is 0.351. The van der Waals surface area contributed by atoms with E-state index in [1.807, 2.05) is 48.5 Å². The molecule has 0 aromatic heterocycles. The van der Waals surface area contributed by atoms with Crippen LogP contribution in [0.1, 0.15) is 39.4 Å². The maximum atomic E-state index is 13.0. The van der Waals surface area contributed by atoms with E-state index in [2.05, 4.69) is 0 Å². The third-order valence-electron chi connectivity index (χ3n) is 5.68. The average Bonchev–Trinajstić information content (AvgIpc) is 3.38. The van der Waals surface area contributed by atoms with Gasteiger partial charge in [-0.3, -0.25) is 9.59 Å². The molecule has 1 atom stereocenters. The standard InChI is InChI=1S/C25H16O6/c26-22-12-17(15-6-8-18-20(11-15)29-13-28-18)23-19(30-22)9-7-16-24(27)21(31-25(16)23)10-14-4-2-1-3-5-14/h1-11,17H,12-13H2. The Kier molecular flexibility index (Phi) is 3.86. The number of carbonyl (C=O) groups excluding carboxylic acids is 2. The van der Waals surface area contributed by atoms with Crippen molar-refractivity contribution in [2.75, 3.05) is 6.79 Å². The number of carbonyl (C=O) groups is 2. The minimum atomic E-state index is -0.334. The first-order valence-electron chi connectivity index (χ1n) is 9.94. The topological polar surface area (TPSA) is 71.1 Å². The van der Waals surface area contributed by atoms with E-state index in [0.717, 1.165) is 11.1 Å². The van der Waals surface area contributed by atoms with Gasteiger partial charge in [0.2, 0.25) is 12.6 Å². The van der Waals surface area contributed by atoms with E-state index in [1.165, 1.54) is 0 Å². The van der Waals surface area contributed by atoms with Crippen LogP contribution in [0.2, 0.25) is 0 Å². The number of hydrogen-bond donors (Lipinski definition) is 0. The summed E-state index contributed by atoms with van der Waals surface area (Å²) < 4.78 is 22.5. The Labute approximate surface area is 177 Å². The van der Waals surface area contributed by atoms with Crippen LogP contribution in [0, 0.1) is 0 Å². The summed E-state index contributed by atoms with van der Waals surface area (Å²) in [5.41, 5.74) is 2.89. The number of ketones is 1. The molecule has 1 unspecified atom stereocenters. The van der Waals surface area contributed by atoms with E-state index >= 15 is 0 Å². The molecule has 0 fully saturated rings. The molecule has 6 heteroatoms. The number of hydrogen-bond acceptors (Lipinski definition) is 6. The number of allylic oxidation sites excluding steroid dienone is 1. The Bertz CT molecular complexity index is 1270. The van der Waals surface area contributed by atoms with E-state index in [1.54, 1.807) is 18.2 Å². The van der Waals surface area contributed by atoms with Crippen molar-refractivity contribution in [1.29, 1.82) is 0 Å². The molecule has 3 aliphatic rings. The van der Waals surface area contributed by atoms with Crippen LogP contribution in [-0.4, -0.2) is 18.5 Å². The van der Waals surface area contributed by atoms with Crippen molar-refractivity contribution in [2.45, 2.75) is 12.3 Å². The van der Waals surface area contributed by atoms with Crippen molar-refractivity contribution in [3.8, 4) is 23.0 Å². The van der Waals surface area contributed by atoms with Crippen molar-refractivity contribution in [1.82, 2.24) is 0 Å². The largest absolute Gasteiger partial charge is 0.454 e. The SMILES string of the molecule is O=C1CC(c2ccc3c(c2)OCO3)c2c(ccc3c2OC(=Cc2ccccc2)C3=O)O1. The second-order valence-corrected chi connectivity index (χ2v) is 7.55. The Hall–Kier alpha value is -4.06. The molecule has 0 aliphatic carbocycles. The first-order valence-corrected chi connectivity index (χ1v) is 9.94. The van der Waals surface area contributed by atoms with Gasteiger partial charge in [0.05, 0.1) is 12.0 Å². The summed E-state index contributed by atoms with van der Waals surface area (Å²) in [6, 6.07) is 18.4. The first-order chi connectivity index (χ1) is 15.2. The van der Waals surface area contributed by atoms with E-state index in [9.17, 15) is 9.59 Å². The monoisotopic (exact) mass is 412 g/mol. The summed E-state index contributed by atoms with van der Waals surface area (Å²) in [6.07, 6.45) is 1.86. The molecule has 3 aliphatic heterocycles. The van der Waals surface area contributed by atoms with Crippen LogP contribution in [0.25, 0.3) is 6.08 Å². The number of Topliss-reactive ketones (excluding diaryl/α,β-unsaturated/α-hetero) is 1. The molecule has 0 saturated heterocycles. The van der Waals surface area contributed by atoms with Crippen molar-refractivity contribution in [3.63, 3.8) is 0 Å². The third-order valence-corrected chi connectivity index (χ3v) is 5.68. The molecule has 0 saturated carbocycles. The number of esters is 1. The highest BCUT2D eigenvalue weighted by Crippen LogP contribution is 2.50. The van der Waals surface area contributed by atoms with Crippen molar-refractivity contribution >= 4 is 17.8 Å². The molecule has 3 heterocycles. The molecular weight excluding hydrogens is 396 g/mol. The molecule has 6 nitrogen and oxygen atoms in total. The van der Waals surface area contributed by atoms with Crippen LogP contribution in [0.4, 0.5) is 0 Å². The summed E-state index contributed by atoms with van der Waals surface area (Å²) in [7, 11) is 0. The van der Waals surface area contributed by atoms with Gasteiger partial charge >= 0.3 is 5.97 Å². The molecule has 0 spiro atoms. The highest BCUT2D eigenvalue weighted by molar-refractivity contribution is 6.15. The fourth-order valence-corrected chi connectivity index (χ4v) is 4.22. The lowest BCUT2D eigenvalue weighted by Crippen LogP contribution is -2.21. The maximum Gasteiger partial charge on any atom is 0.312 e. The van der Waals surface area contributed by atoms with Gasteiger partial charge in [-0.2, -0.15) is 0 Å². The molecule has 0 amide bonds. The lowest BCUT2D eigenvalue weighted by atomic mass is 9.84. The van der Waals surface area contributed by atoms with Gasteiger partial charge in [-0.05, 0) is 41.5 Å². The lowest BCUT2D eigenvalue weighted by Gasteiger charge is -2.26. The maximum absolute atomic E-state index is 13.0. The van der Waals surface area contributed by atoms with E-state index in [0.29, 0.717) is 34.1 Å². The summed E-state index contributed by atoms with van der Waals surface area (Å²) in [4.78, 5) is 25.3. The molecule has 152 valence electrons. The van der Waals surface area contributed by atoms with E-state index in [-0.39, 0.29) is 36.6 Å². The van der Waals surface area contributed by atoms with Crippen LogP contribution < -0.4 is 18.9 Å². The van der Waals surface area contributed by atoms with Crippen molar-refractivity contribution in [2.24, 2.45) is 0 Å². The predicted molar refractivity (Wildman–Crippen MR) is 110 cm³/mol. The zero-order chi connectivity index (χ0) is 20.9. The molecule has 3 aromatic rings. The van der Waals surface area contributed by atoms with E-state index < -0.39 is 0 Å². The van der Waals surface area contributed by atoms with Crippen LogP contribution in [0.15, 0.2) is 66.4 Å². The highest BCUT2D eigenvalue weighted by Gasteiger charge is 2.38. The van der Waals surface area contributed by atoms with Crippen LogP contribution in [-0.2, 0) is 4.79 Å². The second kappa shape index (κ2) is 6.74. The zero-order valence-electron chi connectivity index (χ0n) is 16.3. The normalized spacial score (nSPS) is 19.6. The number of rotatable bonds is 2. The minimum Gasteiger partial charge on any atom is -0.454 e. The molecule has 6 rings (SSSR count). The molecule has 0 N–H and O–H groups in total. The Morgan fingerprint density at radius 1 is 0.839 bits per heavy atom. The van der Waals surface area contributed by atoms with Gasteiger partial charge in [0.15, 0.2) is 17.3 Å². The predicted octanol–water partition coefficient (Wildman–Crippen LogP) is 4.47. The van der Waals surface area contributed by atoms with Gasteiger partial charge in [0.1, 0.15) is 11.5 Å². The minimum absolute atomic E-state index is 0.137. The highest BCUT2D eigenvalue weighted by atomic mass is 16.7. The van der Waals surface area contributed by atoms with Crippen LogP contribution in [0.3, 0.4) is 0 Å². The fourth-order valence-electron chi connectivity index (χ4n) is 4.22. The molecule has 3 aromatic carbocycles. The molecular formula is C25H16O6. The number of ether oxygens (including phenoxy) is 4. The number of benzene rings is 3. The summed E-state index contributed by atoms with van der Waals surface area (Å²) in [6.45, 7) is 0.169. The zero-order valence-corrected chi connectivity index (χ0v) is 16.3. The van der Waals surface area contributed by atoms with Gasteiger partial charge in [0.25, 0.3) is 0 Å². The summed E-state index contributed by atoms with van der Waals surface area (Å²) >= 11 is 0. The lowest BCUT2D eigenvalue weighted by molar-refractivity contribution is -0.135. The molecule has 0 bridgehead atoms. The van der Waals surface area contributed by atoms with Gasteiger partial charge in [0, 0.05) is 11.5 Å². The van der Waals surface area contributed by atoms with Gasteiger partial charge in [-0.25, -0.2) is 0 Å². The Morgan fingerprint density at radius 3 is 2.52 bits per heavy atom. The molecule has 31 heavy (non-hydrogen) atoms. The summed E-state index contributed by atoms with van der Waals surface area (Å²) in [5, 5.41) is 0. The third kappa shape index (κ3) is 2.87. The smallest absolute Gasteiger partial charge is 0.312 e.